The van der Waals surface area contributed by atoms with E-state index in [-0.39, 0.29) is 0 Å². The fraction of sp³-hybridized carbons (Fsp3) is 0.0270. The van der Waals surface area contributed by atoms with Gasteiger partial charge in [0.2, 0.25) is 0 Å². The molecule has 0 unspecified atom stereocenters. The van der Waals surface area contributed by atoms with E-state index >= 15 is 0 Å². The van der Waals surface area contributed by atoms with Crippen molar-refractivity contribution in [1.82, 2.24) is 9.13 Å². The number of hydrogen-bond acceptors (Lipinski definition) is 1. The predicted octanol–water partition coefficient (Wildman–Crippen LogP) is 10.1. The lowest BCUT2D eigenvalue weighted by Gasteiger charge is -2.10. The van der Waals surface area contributed by atoms with Crippen molar-refractivity contribution in [2.24, 2.45) is 0 Å². The second-order valence-electron chi connectivity index (χ2n) is 10.6. The molecule has 6 aromatic carbocycles. The molecular weight excluding hydrogens is 488 g/mol. The minimum Gasteiger partial charge on any atom is -0.454 e. The van der Waals surface area contributed by atoms with Crippen LogP contribution in [0.4, 0.5) is 0 Å². The van der Waals surface area contributed by atoms with E-state index < -0.39 is 0 Å². The van der Waals surface area contributed by atoms with Crippen molar-refractivity contribution in [3.63, 3.8) is 0 Å². The summed E-state index contributed by atoms with van der Waals surface area (Å²) in [5, 5.41) is 7.26. The zero-order valence-electron chi connectivity index (χ0n) is 21.9. The molecule has 0 N–H and O–H groups in total. The van der Waals surface area contributed by atoms with Gasteiger partial charge in [-0.05, 0) is 55.5 Å². The molecule has 0 saturated carbocycles. The Labute approximate surface area is 230 Å². The molecule has 0 saturated heterocycles. The maximum Gasteiger partial charge on any atom is 0.159 e. The minimum absolute atomic E-state index is 0.887. The van der Waals surface area contributed by atoms with Gasteiger partial charge in [-0.3, -0.25) is 0 Å². The van der Waals surface area contributed by atoms with Gasteiger partial charge in [-0.1, -0.05) is 84.4 Å². The molecule has 3 heteroatoms. The highest BCUT2D eigenvalue weighted by Gasteiger charge is 2.21. The van der Waals surface area contributed by atoms with E-state index in [1.54, 1.807) is 0 Å². The minimum atomic E-state index is 0.887. The number of hydrogen-bond donors (Lipinski definition) is 0. The summed E-state index contributed by atoms with van der Waals surface area (Å²) in [5.74, 6) is 0. The van der Waals surface area contributed by atoms with Crippen LogP contribution in [0.2, 0.25) is 0 Å². The molecule has 188 valence electrons. The Balaban J connectivity index is 1.41. The van der Waals surface area contributed by atoms with Crippen LogP contribution in [0.15, 0.2) is 132 Å². The van der Waals surface area contributed by atoms with Crippen molar-refractivity contribution in [3.05, 3.63) is 133 Å². The van der Waals surface area contributed by atoms with Crippen LogP contribution in [-0.4, -0.2) is 9.13 Å². The first-order valence-electron chi connectivity index (χ1n) is 13.7. The average Bonchev–Trinajstić information content (AvgIpc) is 3.65. The Hall–Kier alpha value is -5.28. The Kier molecular flexibility index (Phi) is 4.26. The second-order valence-corrected chi connectivity index (χ2v) is 10.6. The largest absolute Gasteiger partial charge is 0.454 e. The van der Waals surface area contributed by atoms with Crippen molar-refractivity contribution in [2.45, 2.75) is 6.92 Å². The van der Waals surface area contributed by atoms with E-state index in [1.807, 2.05) is 0 Å². The van der Waals surface area contributed by atoms with Crippen LogP contribution in [0.3, 0.4) is 0 Å². The van der Waals surface area contributed by atoms with Gasteiger partial charge in [0.25, 0.3) is 0 Å². The lowest BCUT2D eigenvalue weighted by Crippen LogP contribution is -1.95. The summed E-state index contributed by atoms with van der Waals surface area (Å²) in [6.45, 7) is 2.15. The topological polar surface area (TPSA) is 23.0 Å². The Morgan fingerprint density at radius 3 is 1.68 bits per heavy atom. The number of rotatable bonds is 2. The number of para-hydroxylation sites is 4. The first-order valence-corrected chi connectivity index (χ1v) is 13.7. The van der Waals surface area contributed by atoms with E-state index in [0.717, 1.165) is 33.3 Å². The van der Waals surface area contributed by atoms with Gasteiger partial charge in [0.15, 0.2) is 5.58 Å². The van der Waals surface area contributed by atoms with Gasteiger partial charge in [-0.15, -0.1) is 0 Å². The molecule has 9 aromatic rings. The van der Waals surface area contributed by atoms with Crippen LogP contribution < -0.4 is 0 Å². The number of benzene rings is 6. The van der Waals surface area contributed by atoms with Crippen molar-refractivity contribution in [3.8, 4) is 11.4 Å². The summed E-state index contributed by atoms with van der Waals surface area (Å²) in [5.41, 5.74) is 9.97. The van der Waals surface area contributed by atoms with E-state index in [4.69, 9.17) is 4.42 Å². The molecule has 0 aliphatic heterocycles. The Morgan fingerprint density at radius 2 is 0.975 bits per heavy atom. The van der Waals surface area contributed by atoms with Crippen LogP contribution >= 0.6 is 0 Å². The van der Waals surface area contributed by atoms with Crippen LogP contribution in [-0.2, 0) is 0 Å². The fourth-order valence-corrected chi connectivity index (χ4v) is 6.71. The number of aryl methyl sites for hydroxylation is 1. The van der Waals surface area contributed by atoms with Crippen LogP contribution in [0.1, 0.15) is 5.56 Å². The number of furan rings is 1. The molecule has 0 bridgehead atoms. The molecule has 0 spiro atoms. The molecule has 3 heterocycles. The summed E-state index contributed by atoms with van der Waals surface area (Å²) in [6.07, 6.45) is 0. The van der Waals surface area contributed by atoms with Crippen molar-refractivity contribution < 1.29 is 4.42 Å². The van der Waals surface area contributed by atoms with E-state index in [9.17, 15) is 0 Å². The molecule has 0 amide bonds. The van der Waals surface area contributed by atoms with Gasteiger partial charge in [0.1, 0.15) is 5.58 Å². The molecule has 0 atom stereocenters. The molecule has 0 aliphatic carbocycles. The third-order valence-electron chi connectivity index (χ3n) is 8.37. The van der Waals surface area contributed by atoms with E-state index in [1.165, 1.54) is 49.2 Å². The lowest BCUT2D eigenvalue weighted by atomic mass is 10.1. The first-order chi connectivity index (χ1) is 19.8. The maximum absolute atomic E-state index is 6.76. The number of fused-ring (bicyclic) bond motifs is 9. The van der Waals surface area contributed by atoms with Gasteiger partial charge < -0.3 is 13.6 Å². The quantitative estimate of drug-likeness (QED) is 0.226. The normalized spacial score (nSPS) is 12.1. The third-order valence-corrected chi connectivity index (χ3v) is 8.37. The van der Waals surface area contributed by atoms with Gasteiger partial charge >= 0.3 is 0 Å². The highest BCUT2D eigenvalue weighted by atomic mass is 16.3. The number of aromatic nitrogens is 2. The van der Waals surface area contributed by atoms with Gasteiger partial charge in [0.05, 0.1) is 38.8 Å². The zero-order valence-corrected chi connectivity index (χ0v) is 21.9. The molecule has 40 heavy (non-hydrogen) atoms. The SMILES string of the molecule is Cc1ccc2c(c1)c1ccccc1n2-c1cccc2c1oc1cccc(-n3c4ccccc4c4ccccc43)c12. The smallest absolute Gasteiger partial charge is 0.159 e. The summed E-state index contributed by atoms with van der Waals surface area (Å²) in [6, 6.07) is 45.6. The molecular formula is C37H24N2O. The highest BCUT2D eigenvalue weighted by molar-refractivity contribution is 6.16. The van der Waals surface area contributed by atoms with Crippen molar-refractivity contribution >= 4 is 65.6 Å². The van der Waals surface area contributed by atoms with E-state index in [0.29, 0.717) is 0 Å². The van der Waals surface area contributed by atoms with E-state index in [2.05, 4.69) is 143 Å². The third kappa shape index (κ3) is 2.79. The van der Waals surface area contributed by atoms with Gasteiger partial charge in [-0.25, -0.2) is 0 Å². The second kappa shape index (κ2) is 7.87. The summed E-state index contributed by atoms with van der Waals surface area (Å²) >= 11 is 0. The van der Waals surface area contributed by atoms with Gasteiger partial charge in [0, 0.05) is 26.9 Å². The van der Waals surface area contributed by atoms with Crippen LogP contribution in [0.5, 0.6) is 0 Å². The fourth-order valence-electron chi connectivity index (χ4n) is 6.71. The zero-order chi connectivity index (χ0) is 26.4. The monoisotopic (exact) mass is 512 g/mol. The average molecular weight is 513 g/mol. The van der Waals surface area contributed by atoms with Crippen molar-refractivity contribution in [2.75, 3.05) is 0 Å². The highest BCUT2D eigenvalue weighted by Crippen LogP contribution is 2.41. The standard InChI is InChI=1S/C37H24N2O/c1-23-20-21-32-28(22-23)26-12-4-7-16-31(26)39(32)34-18-8-13-27-36-33(17-9-19-35(36)40-37(27)34)38-29-14-5-2-10-24(29)25-11-3-6-15-30(25)38/h2-22H,1H3. The van der Waals surface area contributed by atoms with Crippen LogP contribution in [0.25, 0.3) is 76.9 Å². The van der Waals surface area contributed by atoms with Crippen LogP contribution in [0, 0.1) is 6.92 Å². The lowest BCUT2D eigenvalue weighted by molar-refractivity contribution is 0.666. The first kappa shape index (κ1) is 21.6. The molecule has 0 aliphatic rings. The van der Waals surface area contributed by atoms with Gasteiger partial charge in [-0.2, -0.15) is 0 Å². The summed E-state index contributed by atoms with van der Waals surface area (Å²) < 4.78 is 11.5. The molecule has 3 aromatic heterocycles. The molecule has 0 radical (unpaired) electrons. The number of nitrogens with zero attached hydrogens (tertiary/aromatic N) is 2. The Morgan fingerprint density at radius 1 is 0.450 bits per heavy atom. The summed E-state index contributed by atoms with van der Waals surface area (Å²) in [7, 11) is 0. The Bertz CT molecular complexity index is 2400. The summed E-state index contributed by atoms with van der Waals surface area (Å²) in [4.78, 5) is 0. The molecule has 0 fully saturated rings. The predicted molar refractivity (Wildman–Crippen MR) is 167 cm³/mol. The molecule has 3 nitrogen and oxygen atoms in total. The van der Waals surface area contributed by atoms with Crippen molar-refractivity contribution in [1.29, 1.82) is 0 Å². The molecule has 9 rings (SSSR count). The maximum atomic E-state index is 6.76.